The maximum atomic E-state index is 5.97. The Morgan fingerprint density at radius 2 is 2.00 bits per heavy atom. The normalized spacial score (nSPS) is 40.5. The molecule has 2 aliphatic rings. The molecule has 0 aromatic heterocycles. The van der Waals surface area contributed by atoms with Crippen LogP contribution >= 0.6 is 0 Å². The number of nitrogens with two attached hydrogens (primary N) is 1. The number of rotatable bonds is 0. The molecule has 3 nitrogen and oxygen atoms in total. The van der Waals surface area contributed by atoms with Crippen molar-refractivity contribution in [1.29, 1.82) is 0 Å². The molecule has 0 bridgehead atoms. The SMILES string of the molecule is C[C@H]1CCC2(C[C@H]1N)OCCO2. The molecule has 12 heavy (non-hydrogen) atoms. The van der Waals surface area contributed by atoms with Gasteiger partial charge in [-0.25, -0.2) is 0 Å². The average molecular weight is 171 g/mol. The lowest BCUT2D eigenvalue weighted by Crippen LogP contribution is -2.46. The van der Waals surface area contributed by atoms with Gasteiger partial charge in [-0.15, -0.1) is 0 Å². The van der Waals surface area contributed by atoms with Crippen molar-refractivity contribution >= 4 is 0 Å². The van der Waals surface area contributed by atoms with Crippen molar-refractivity contribution in [2.45, 2.75) is 38.0 Å². The second-order valence-corrected chi connectivity index (χ2v) is 3.99. The van der Waals surface area contributed by atoms with Crippen LogP contribution in [0.1, 0.15) is 26.2 Å². The fourth-order valence-electron chi connectivity index (χ4n) is 2.08. The Hall–Kier alpha value is -0.120. The Bertz CT molecular complexity index is 166. The lowest BCUT2D eigenvalue weighted by atomic mass is 9.82. The minimum atomic E-state index is -0.300. The second-order valence-electron chi connectivity index (χ2n) is 3.99. The van der Waals surface area contributed by atoms with Crippen molar-refractivity contribution in [1.82, 2.24) is 0 Å². The summed E-state index contributed by atoms with van der Waals surface area (Å²) >= 11 is 0. The minimum Gasteiger partial charge on any atom is -0.347 e. The molecule has 2 atom stereocenters. The number of ether oxygens (including phenoxy) is 2. The van der Waals surface area contributed by atoms with E-state index in [1.54, 1.807) is 0 Å². The van der Waals surface area contributed by atoms with Gasteiger partial charge in [0.05, 0.1) is 13.2 Å². The quantitative estimate of drug-likeness (QED) is 0.588. The van der Waals surface area contributed by atoms with Gasteiger partial charge in [0.2, 0.25) is 0 Å². The fourth-order valence-corrected chi connectivity index (χ4v) is 2.08. The average Bonchev–Trinajstić information content (AvgIpc) is 2.47. The molecule has 1 spiro atoms. The van der Waals surface area contributed by atoms with Crippen LogP contribution in [-0.2, 0) is 9.47 Å². The zero-order chi connectivity index (χ0) is 8.60. The van der Waals surface area contributed by atoms with Crippen LogP contribution in [0.4, 0.5) is 0 Å². The maximum absolute atomic E-state index is 5.97. The summed E-state index contributed by atoms with van der Waals surface area (Å²) in [5.41, 5.74) is 5.97. The highest BCUT2D eigenvalue weighted by Gasteiger charge is 2.42. The fraction of sp³-hybridized carbons (Fsp3) is 1.00. The van der Waals surface area contributed by atoms with E-state index < -0.39 is 0 Å². The lowest BCUT2D eigenvalue weighted by molar-refractivity contribution is -0.185. The van der Waals surface area contributed by atoms with Crippen molar-refractivity contribution in [3.63, 3.8) is 0 Å². The summed E-state index contributed by atoms with van der Waals surface area (Å²) in [4.78, 5) is 0. The van der Waals surface area contributed by atoms with Gasteiger partial charge in [0, 0.05) is 18.9 Å². The topological polar surface area (TPSA) is 44.5 Å². The summed E-state index contributed by atoms with van der Waals surface area (Å²) in [6.07, 6.45) is 3.01. The zero-order valence-corrected chi connectivity index (χ0v) is 7.58. The van der Waals surface area contributed by atoms with Crippen LogP contribution < -0.4 is 5.73 Å². The summed E-state index contributed by atoms with van der Waals surface area (Å²) in [5, 5.41) is 0. The largest absolute Gasteiger partial charge is 0.347 e. The molecule has 2 fully saturated rings. The van der Waals surface area contributed by atoms with E-state index >= 15 is 0 Å². The Labute approximate surface area is 73.2 Å². The maximum Gasteiger partial charge on any atom is 0.170 e. The van der Waals surface area contributed by atoms with E-state index in [9.17, 15) is 0 Å². The van der Waals surface area contributed by atoms with E-state index in [1.165, 1.54) is 0 Å². The van der Waals surface area contributed by atoms with Crippen molar-refractivity contribution < 1.29 is 9.47 Å². The van der Waals surface area contributed by atoms with Gasteiger partial charge in [-0.3, -0.25) is 0 Å². The molecular formula is C9H17NO2. The predicted octanol–water partition coefficient (Wildman–Crippen LogP) is 0.877. The van der Waals surface area contributed by atoms with Gasteiger partial charge in [-0.1, -0.05) is 6.92 Å². The molecule has 3 heteroatoms. The van der Waals surface area contributed by atoms with Crippen molar-refractivity contribution in [2.24, 2.45) is 11.7 Å². The standard InChI is InChI=1S/C9H17NO2/c1-7-2-3-9(6-8(7)10)11-4-5-12-9/h7-8H,2-6,10H2,1H3/t7-,8+/m0/s1. The van der Waals surface area contributed by atoms with Crippen LogP contribution in [0.5, 0.6) is 0 Å². The molecule has 0 aromatic carbocycles. The molecule has 1 aliphatic heterocycles. The van der Waals surface area contributed by atoms with Crippen LogP contribution in [-0.4, -0.2) is 25.0 Å². The molecule has 0 aromatic rings. The molecular weight excluding hydrogens is 154 g/mol. The molecule has 0 radical (unpaired) electrons. The highest BCUT2D eigenvalue weighted by atomic mass is 16.7. The molecule has 1 saturated carbocycles. The first-order valence-corrected chi connectivity index (χ1v) is 4.75. The first-order chi connectivity index (χ1) is 5.72. The van der Waals surface area contributed by atoms with E-state index in [1.807, 2.05) is 0 Å². The van der Waals surface area contributed by atoms with Crippen LogP contribution in [0.25, 0.3) is 0 Å². The van der Waals surface area contributed by atoms with Crippen LogP contribution in [0.2, 0.25) is 0 Å². The van der Waals surface area contributed by atoms with Gasteiger partial charge < -0.3 is 15.2 Å². The summed E-state index contributed by atoms with van der Waals surface area (Å²) in [6, 6.07) is 0.247. The second kappa shape index (κ2) is 2.98. The zero-order valence-electron chi connectivity index (χ0n) is 7.58. The van der Waals surface area contributed by atoms with E-state index in [-0.39, 0.29) is 11.8 Å². The van der Waals surface area contributed by atoms with Crippen LogP contribution in [0.15, 0.2) is 0 Å². The number of hydrogen-bond donors (Lipinski definition) is 1. The highest BCUT2D eigenvalue weighted by molar-refractivity contribution is 4.88. The van der Waals surface area contributed by atoms with Gasteiger partial charge in [0.25, 0.3) is 0 Å². The van der Waals surface area contributed by atoms with Gasteiger partial charge >= 0.3 is 0 Å². The van der Waals surface area contributed by atoms with Gasteiger partial charge in [-0.05, 0) is 12.3 Å². The van der Waals surface area contributed by atoms with Gasteiger partial charge in [0.1, 0.15) is 0 Å². The predicted molar refractivity (Wildman–Crippen MR) is 45.6 cm³/mol. The van der Waals surface area contributed by atoms with Crippen LogP contribution in [0, 0.1) is 5.92 Å². The molecule has 0 amide bonds. The van der Waals surface area contributed by atoms with E-state index in [0.29, 0.717) is 5.92 Å². The monoisotopic (exact) mass is 171 g/mol. The highest BCUT2D eigenvalue weighted by Crippen LogP contribution is 2.37. The molecule has 70 valence electrons. The number of hydrogen-bond acceptors (Lipinski definition) is 3. The Kier molecular flexibility index (Phi) is 2.10. The van der Waals surface area contributed by atoms with Crippen molar-refractivity contribution in [3.8, 4) is 0 Å². The molecule has 2 N–H and O–H groups in total. The Morgan fingerprint density at radius 3 is 2.58 bits per heavy atom. The van der Waals surface area contributed by atoms with Gasteiger partial charge in [0.15, 0.2) is 5.79 Å². The van der Waals surface area contributed by atoms with E-state index in [0.717, 1.165) is 32.5 Å². The molecule has 1 saturated heterocycles. The third-order valence-corrected chi connectivity index (χ3v) is 3.07. The Balaban J connectivity index is 2.01. The first-order valence-electron chi connectivity index (χ1n) is 4.75. The summed E-state index contributed by atoms with van der Waals surface area (Å²) in [7, 11) is 0. The van der Waals surface area contributed by atoms with E-state index in [2.05, 4.69) is 6.92 Å². The summed E-state index contributed by atoms with van der Waals surface area (Å²) < 4.78 is 11.2. The summed E-state index contributed by atoms with van der Waals surface area (Å²) in [6.45, 7) is 3.68. The molecule has 0 unspecified atom stereocenters. The lowest BCUT2D eigenvalue weighted by Gasteiger charge is -2.38. The third-order valence-electron chi connectivity index (χ3n) is 3.07. The molecule has 1 heterocycles. The van der Waals surface area contributed by atoms with Crippen LogP contribution in [0.3, 0.4) is 0 Å². The smallest absolute Gasteiger partial charge is 0.170 e. The van der Waals surface area contributed by atoms with Crippen molar-refractivity contribution in [2.75, 3.05) is 13.2 Å². The Morgan fingerprint density at radius 1 is 1.33 bits per heavy atom. The third kappa shape index (κ3) is 1.37. The van der Waals surface area contributed by atoms with E-state index in [4.69, 9.17) is 15.2 Å². The summed E-state index contributed by atoms with van der Waals surface area (Å²) in [5.74, 6) is 0.315. The first kappa shape index (κ1) is 8.48. The van der Waals surface area contributed by atoms with Crippen molar-refractivity contribution in [3.05, 3.63) is 0 Å². The minimum absolute atomic E-state index is 0.247. The van der Waals surface area contributed by atoms with Gasteiger partial charge in [-0.2, -0.15) is 0 Å². The molecule has 1 aliphatic carbocycles. The molecule has 2 rings (SSSR count).